The molecule has 25 heavy (non-hydrogen) atoms. The van der Waals surface area contributed by atoms with Crippen LogP contribution in [0.15, 0.2) is 51.8 Å². The van der Waals surface area contributed by atoms with Gasteiger partial charge >= 0.3 is 11.9 Å². The molecule has 0 radical (unpaired) electrons. The van der Waals surface area contributed by atoms with E-state index in [0.717, 1.165) is 5.56 Å². The zero-order chi connectivity index (χ0) is 18.6. The molecule has 0 saturated heterocycles. The molecule has 0 atom stereocenters. The molecule has 1 aromatic rings. The van der Waals surface area contributed by atoms with Crippen molar-refractivity contribution in [3.63, 3.8) is 0 Å². The predicted octanol–water partition coefficient (Wildman–Crippen LogP) is 3.00. The summed E-state index contributed by atoms with van der Waals surface area (Å²) in [6.45, 7) is 3.53. The number of allylic oxidation sites excluding steroid dienone is 2. The Morgan fingerprint density at radius 1 is 1.04 bits per heavy atom. The standard InChI is InChI=1S/C18H18N2O4S/c1-10-14(17(21)23-3)16(15(11(2)20-10)18(22)24-4)12-5-7-13(8-6-12)19-9-25/h5-8,16,20H,1-4H3. The number of benzene rings is 1. The number of rotatable bonds is 4. The summed E-state index contributed by atoms with van der Waals surface area (Å²) >= 11 is 4.60. The second-order valence-electron chi connectivity index (χ2n) is 5.41. The molecular formula is C18H18N2O4S. The first-order valence-electron chi connectivity index (χ1n) is 7.47. The van der Waals surface area contributed by atoms with Crippen LogP contribution in [0.4, 0.5) is 5.69 Å². The molecule has 0 saturated carbocycles. The van der Waals surface area contributed by atoms with Gasteiger partial charge in [0.15, 0.2) is 0 Å². The summed E-state index contributed by atoms with van der Waals surface area (Å²) in [5.41, 5.74) is 3.35. The minimum Gasteiger partial charge on any atom is -0.466 e. The van der Waals surface area contributed by atoms with E-state index in [0.29, 0.717) is 28.2 Å². The van der Waals surface area contributed by atoms with Gasteiger partial charge in [0.2, 0.25) is 0 Å². The second kappa shape index (κ2) is 7.88. The van der Waals surface area contributed by atoms with Crippen molar-refractivity contribution >= 4 is 35.0 Å². The van der Waals surface area contributed by atoms with E-state index in [1.807, 2.05) is 0 Å². The van der Waals surface area contributed by atoms with Gasteiger partial charge in [0.05, 0.1) is 42.1 Å². The first-order chi connectivity index (χ1) is 11.9. The highest BCUT2D eigenvalue weighted by Crippen LogP contribution is 2.39. The summed E-state index contributed by atoms with van der Waals surface area (Å²) < 4.78 is 9.83. The Labute approximate surface area is 151 Å². The lowest BCUT2D eigenvalue weighted by Gasteiger charge is -2.30. The Balaban J connectivity index is 2.65. The van der Waals surface area contributed by atoms with E-state index < -0.39 is 17.9 Å². The average Bonchev–Trinajstić information content (AvgIpc) is 2.61. The monoisotopic (exact) mass is 358 g/mol. The van der Waals surface area contributed by atoms with Crippen LogP contribution in [0.2, 0.25) is 0 Å². The van der Waals surface area contributed by atoms with Crippen LogP contribution in [-0.2, 0) is 19.1 Å². The van der Waals surface area contributed by atoms with Crippen molar-refractivity contribution in [2.45, 2.75) is 19.8 Å². The van der Waals surface area contributed by atoms with Crippen molar-refractivity contribution in [1.82, 2.24) is 5.32 Å². The summed E-state index contributed by atoms with van der Waals surface area (Å²) in [7, 11) is 2.61. The molecule has 130 valence electrons. The number of aliphatic imine (C=N–C) groups is 1. The summed E-state index contributed by atoms with van der Waals surface area (Å²) in [4.78, 5) is 28.6. The highest BCUT2D eigenvalue weighted by atomic mass is 32.1. The van der Waals surface area contributed by atoms with Crippen LogP contribution in [-0.4, -0.2) is 31.3 Å². The van der Waals surface area contributed by atoms with Crippen LogP contribution in [0.5, 0.6) is 0 Å². The van der Waals surface area contributed by atoms with Crippen molar-refractivity contribution in [3.05, 3.63) is 52.4 Å². The van der Waals surface area contributed by atoms with Gasteiger partial charge in [-0.05, 0) is 43.8 Å². The van der Waals surface area contributed by atoms with Crippen LogP contribution >= 0.6 is 12.2 Å². The lowest BCUT2D eigenvalue weighted by molar-refractivity contribution is -0.137. The largest absolute Gasteiger partial charge is 0.466 e. The molecule has 0 aliphatic carbocycles. The van der Waals surface area contributed by atoms with Gasteiger partial charge in [0.1, 0.15) is 0 Å². The molecule has 0 amide bonds. The summed E-state index contributed by atoms with van der Waals surface area (Å²) in [5, 5.41) is 5.36. The zero-order valence-electron chi connectivity index (χ0n) is 14.4. The molecule has 1 aromatic carbocycles. The van der Waals surface area contributed by atoms with Crippen LogP contribution in [0, 0.1) is 0 Å². The van der Waals surface area contributed by atoms with Gasteiger partial charge < -0.3 is 14.8 Å². The van der Waals surface area contributed by atoms with Gasteiger partial charge in [-0.15, -0.1) is 0 Å². The zero-order valence-corrected chi connectivity index (χ0v) is 15.2. The maximum Gasteiger partial charge on any atom is 0.336 e. The minimum atomic E-state index is -0.605. The van der Waals surface area contributed by atoms with Crippen molar-refractivity contribution in [1.29, 1.82) is 0 Å². The summed E-state index contributed by atoms with van der Waals surface area (Å²) in [6, 6.07) is 7.05. The lowest BCUT2D eigenvalue weighted by atomic mass is 9.80. The molecule has 0 fully saturated rings. The van der Waals surface area contributed by atoms with E-state index in [2.05, 4.69) is 27.7 Å². The Hall–Kier alpha value is -2.76. The van der Waals surface area contributed by atoms with Gasteiger partial charge in [-0.2, -0.15) is 4.99 Å². The third-order valence-corrected chi connectivity index (χ3v) is 4.06. The smallest absolute Gasteiger partial charge is 0.336 e. The van der Waals surface area contributed by atoms with Crippen LogP contribution in [0.25, 0.3) is 0 Å². The van der Waals surface area contributed by atoms with Crippen molar-refractivity contribution in [2.24, 2.45) is 4.99 Å². The molecule has 0 aromatic heterocycles. The third kappa shape index (κ3) is 3.68. The normalized spacial score (nSPS) is 14.6. The number of dihydropyridines is 1. The Morgan fingerprint density at radius 2 is 1.52 bits per heavy atom. The Bertz CT molecular complexity index is 780. The van der Waals surface area contributed by atoms with Gasteiger partial charge in [-0.1, -0.05) is 12.1 Å². The highest BCUT2D eigenvalue weighted by molar-refractivity contribution is 7.78. The number of esters is 2. The van der Waals surface area contributed by atoms with Gasteiger partial charge in [-0.25, -0.2) is 9.59 Å². The molecule has 2 rings (SSSR count). The van der Waals surface area contributed by atoms with E-state index in [4.69, 9.17) is 9.47 Å². The maximum atomic E-state index is 12.4. The average molecular weight is 358 g/mol. The SMILES string of the molecule is COC(=O)C1=C(C)NC(C)=C(C(=O)OC)C1c1ccc(N=C=S)cc1. The van der Waals surface area contributed by atoms with E-state index in [1.165, 1.54) is 14.2 Å². The minimum absolute atomic E-state index is 0.361. The molecule has 1 aliphatic rings. The number of nitrogens with one attached hydrogen (secondary N) is 1. The molecule has 1 aliphatic heterocycles. The van der Waals surface area contributed by atoms with E-state index in [-0.39, 0.29) is 0 Å². The second-order valence-corrected chi connectivity index (χ2v) is 5.60. The number of hydrogen-bond acceptors (Lipinski definition) is 7. The number of isothiocyanates is 1. The van der Waals surface area contributed by atoms with Crippen molar-refractivity contribution in [2.75, 3.05) is 14.2 Å². The number of nitrogens with zero attached hydrogens (tertiary/aromatic N) is 1. The molecule has 1 heterocycles. The Morgan fingerprint density at radius 3 is 1.92 bits per heavy atom. The number of ether oxygens (including phenoxy) is 2. The molecule has 1 N–H and O–H groups in total. The molecular weight excluding hydrogens is 340 g/mol. The van der Waals surface area contributed by atoms with Crippen molar-refractivity contribution < 1.29 is 19.1 Å². The fourth-order valence-corrected chi connectivity index (χ4v) is 2.99. The topological polar surface area (TPSA) is 77.0 Å². The Kier molecular flexibility index (Phi) is 5.85. The summed E-state index contributed by atoms with van der Waals surface area (Å²) in [6.07, 6.45) is 0. The quantitative estimate of drug-likeness (QED) is 0.506. The van der Waals surface area contributed by atoms with E-state index in [9.17, 15) is 9.59 Å². The lowest BCUT2D eigenvalue weighted by Crippen LogP contribution is -2.32. The van der Waals surface area contributed by atoms with Crippen molar-refractivity contribution in [3.8, 4) is 0 Å². The fraction of sp³-hybridized carbons (Fsp3) is 0.278. The third-order valence-electron chi connectivity index (χ3n) is 3.97. The van der Waals surface area contributed by atoms with Gasteiger partial charge in [-0.3, -0.25) is 0 Å². The number of carbonyl (C=O) groups is 2. The number of carbonyl (C=O) groups excluding carboxylic acids is 2. The van der Waals surface area contributed by atoms with Gasteiger partial charge in [0, 0.05) is 11.4 Å². The molecule has 7 heteroatoms. The van der Waals surface area contributed by atoms with E-state index >= 15 is 0 Å². The number of hydrogen-bond donors (Lipinski definition) is 1. The van der Waals surface area contributed by atoms with Gasteiger partial charge in [0.25, 0.3) is 0 Å². The molecule has 6 nitrogen and oxygen atoms in total. The fourth-order valence-electron chi connectivity index (χ4n) is 2.88. The van der Waals surface area contributed by atoms with E-state index in [1.54, 1.807) is 38.1 Å². The van der Waals surface area contributed by atoms with Crippen LogP contribution < -0.4 is 5.32 Å². The number of methoxy groups -OCH3 is 2. The molecule has 0 spiro atoms. The van der Waals surface area contributed by atoms with Crippen LogP contribution in [0.1, 0.15) is 25.3 Å². The molecule has 0 bridgehead atoms. The first kappa shape index (κ1) is 18.6. The molecule has 0 unspecified atom stereocenters. The first-order valence-corrected chi connectivity index (χ1v) is 7.88. The number of thiocarbonyl (C=S) groups is 1. The highest BCUT2D eigenvalue weighted by Gasteiger charge is 2.37. The van der Waals surface area contributed by atoms with Crippen LogP contribution in [0.3, 0.4) is 0 Å². The summed E-state index contributed by atoms with van der Waals surface area (Å²) in [5.74, 6) is -1.62. The predicted molar refractivity (Wildman–Crippen MR) is 96.4 cm³/mol. The maximum absolute atomic E-state index is 12.4.